The van der Waals surface area contributed by atoms with Gasteiger partial charge in [0.2, 0.25) is 11.8 Å². The lowest BCUT2D eigenvalue weighted by Gasteiger charge is -2.35. The van der Waals surface area contributed by atoms with E-state index in [4.69, 9.17) is 9.47 Å². The summed E-state index contributed by atoms with van der Waals surface area (Å²) in [4.78, 5) is 41.2. The Hall–Kier alpha value is -2.35. The number of carbonyl (C=O) groups is 2. The number of pyridine rings is 1. The molecule has 2 amide bonds. The van der Waals surface area contributed by atoms with E-state index in [2.05, 4.69) is 0 Å². The highest BCUT2D eigenvalue weighted by molar-refractivity contribution is 5.83. The third-order valence-electron chi connectivity index (χ3n) is 5.19. The van der Waals surface area contributed by atoms with E-state index in [0.717, 1.165) is 12.8 Å². The van der Waals surface area contributed by atoms with Crippen molar-refractivity contribution >= 4 is 11.8 Å². The van der Waals surface area contributed by atoms with E-state index in [1.165, 1.54) is 11.7 Å². The van der Waals surface area contributed by atoms with Crippen LogP contribution in [0.25, 0.3) is 0 Å². The maximum absolute atomic E-state index is 12.8. The molecule has 0 aromatic carbocycles. The van der Waals surface area contributed by atoms with Gasteiger partial charge in [0.1, 0.15) is 6.54 Å². The van der Waals surface area contributed by atoms with Crippen LogP contribution in [0.4, 0.5) is 0 Å². The number of carbonyl (C=O) groups excluding carboxylic acids is 2. The van der Waals surface area contributed by atoms with Crippen LogP contribution < -0.4 is 10.3 Å². The number of hydrogen-bond donors (Lipinski definition) is 0. The van der Waals surface area contributed by atoms with Crippen LogP contribution in [0.2, 0.25) is 0 Å². The molecule has 0 N–H and O–H groups in total. The number of rotatable bonds is 6. The minimum atomic E-state index is -0.334. The summed E-state index contributed by atoms with van der Waals surface area (Å²) in [5.41, 5.74) is -0.334. The monoisotopic (exact) mass is 363 g/mol. The fraction of sp³-hybridized carbons (Fsp3) is 0.611. The third-order valence-corrected chi connectivity index (χ3v) is 5.19. The lowest BCUT2D eigenvalue weighted by atomic mass is 9.94. The molecular formula is C18H25N3O5. The van der Waals surface area contributed by atoms with Gasteiger partial charge in [0.05, 0.1) is 19.6 Å². The average molecular weight is 363 g/mol. The molecule has 0 saturated carbocycles. The Morgan fingerprint density at radius 1 is 1.23 bits per heavy atom. The van der Waals surface area contributed by atoms with Crippen molar-refractivity contribution in [2.24, 2.45) is 5.92 Å². The van der Waals surface area contributed by atoms with Crippen LogP contribution in [0.15, 0.2) is 23.1 Å². The number of ether oxygens (including phenoxy) is 2. The lowest BCUT2D eigenvalue weighted by Crippen LogP contribution is -2.49. The number of fused-ring (bicyclic) bond motifs is 4. The Morgan fingerprint density at radius 3 is 2.77 bits per heavy atom. The topological polar surface area (TPSA) is 81.1 Å². The van der Waals surface area contributed by atoms with Crippen LogP contribution in [0, 0.1) is 5.92 Å². The first-order valence-corrected chi connectivity index (χ1v) is 8.85. The maximum atomic E-state index is 12.8. The van der Waals surface area contributed by atoms with Crippen molar-refractivity contribution in [1.29, 1.82) is 0 Å². The van der Waals surface area contributed by atoms with Crippen molar-refractivity contribution in [2.75, 3.05) is 40.5 Å². The molecule has 8 nitrogen and oxygen atoms in total. The fourth-order valence-corrected chi connectivity index (χ4v) is 3.77. The molecule has 142 valence electrons. The summed E-state index contributed by atoms with van der Waals surface area (Å²) in [6.45, 7) is 1.90. The van der Waals surface area contributed by atoms with Crippen molar-refractivity contribution in [3.8, 4) is 5.75 Å². The summed E-state index contributed by atoms with van der Waals surface area (Å²) in [5, 5.41) is 0. The van der Waals surface area contributed by atoms with E-state index in [9.17, 15) is 14.4 Å². The van der Waals surface area contributed by atoms with Gasteiger partial charge in [0, 0.05) is 39.0 Å². The van der Waals surface area contributed by atoms with Gasteiger partial charge in [-0.15, -0.1) is 0 Å². The molecule has 26 heavy (non-hydrogen) atoms. The molecule has 1 aromatic heterocycles. The van der Waals surface area contributed by atoms with Crippen LogP contribution in [-0.4, -0.2) is 72.7 Å². The molecule has 3 fully saturated rings. The van der Waals surface area contributed by atoms with Gasteiger partial charge in [-0.3, -0.25) is 14.4 Å². The lowest BCUT2D eigenvalue weighted by molar-refractivity contribution is -0.140. The standard InChI is InChI=1S/C18H25N3O5/c1-25-9-8-21-14-6-5-13(17(21)23)10-20(11-14)16(22)12-19-7-3-4-15(26-2)18(19)24/h3-4,7,13-14H,5-6,8-12H2,1-2H3. The van der Waals surface area contributed by atoms with E-state index in [1.54, 1.807) is 30.3 Å². The molecule has 2 bridgehead atoms. The molecule has 8 heteroatoms. The highest BCUT2D eigenvalue weighted by Gasteiger charge is 2.41. The van der Waals surface area contributed by atoms with E-state index < -0.39 is 0 Å². The molecule has 2 atom stereocenters. The first-order chi connectivity index (χ1) is 12.5. The number of piperidine rings is 1. The largest absolute Gasteiger partial charge is 0.491 e. The normalized spacial score (nSPS) is 22.5. The van der Waals surface area contributed by atoms with Crippen LogP contribution in [0.5, 0.6) is 5.75 Å². The van der Waals surface area contributed by atoms with Crippen LogP contribution in [-0.2, 0) is 20.9 Å². The Bertz CT molecular complexity index is 732. The quantitative estimate of drug-likeness (QED) is 0.708. The number of hydrogen-bond acceptors (Lipinski definition) is 5. The zero-order valence-corrected chi connectivity index (χ0v) is 15.2. The smallest absolute Gasteiger partial charge is 0.293 e. The Balaban J connectivity index is 1.73. The van der Waals surface area contributed by atoms with Gasteiger partial charge < -0.3 is 23.8 Å². The summed E-state index contributed by atoms with van der Waals surface area (Å²) in [6, 6.07) is 3.26. The van der Waals surface area contributed by atoms with Crippen molar-refractivity contribution in [2.45, 2.75) is 25.4 Å². The maximum Gasteiger partial charge on any atom is 0.293 e. The number of methoxy groups -OCH3 is 2. The third kappa shape index (κ3) is 3.60. The zero-order chi connectivity index (χ0) is 18.7. The second kappa shape index (κ2) is 7.90. The molecule has 4 rings (SSSR count). The van der Waals surface area contributed by atoms with Gasteiger partial charge in [0.25, 0.3) is 5.56 Å². The van der Waals surface area contributed by atoms with Gasteiger partial charge in [-0.05, 0) is 25.0 Å². The minimum absolute atomic E-state index is 0.0161. The van der Waals surface area contributed by atoms with E-state index in [0.29, 0.717) is 26.2 Å². The molecule has 2 unspecified atom stereocenters. The van der Waals surface area contributed by atoms with Crippen molar-refractivity contribution in [1.82, 2.24) is 14.4 Å². The predicted octanol–water partition coefficient (Wildman–Crippen LogP) is -0.0473. The molecule has 0 radical (unpaired) electrons. The number of nitrogens with zero attached hydrogens (tertiary/aromatic N) is 3. The molecule has 3 saturated heterocycles. The summed E-state index contributed by atoms with van der Waals surface area (Å²) in [6.07, 6.45) is 3.27. The number of aromatic nitrogens is 1. The van der Waals surface area contributed by atoms with Crippen molar-refractivity contribution < 1.29 is 19.1 Å². The number of amides is 2. The summed E-state index contributed by atoms with van der Waals surface area (Å²) in [5.74, 6) is -0.0143. The molecule has 4 heterocycles. The molecule has 3 aliphatic heterocycles. The second-order valence-corrected chi connectivity index (χ2v) is 6.76. The zero-order valence-electron chi connectivity index (χ0n) is 15.2. The molecular weight excluding hydrogens is 338 g/mol. The average Bonchev–Trinajstić information content (AvgIpc) is 2.93. The molecule has 1 aromatic rings. The first-order valence-electron chi connectivity index (χ1n) is 8.85. The van der Waals surface area contributed by atoms with Crippen LogP contribution in [0.3, 0.4) is 0 Å². The Kier molecular flexibility index (Phi) is 5.61. The molecule has 3 aliphatic rings. The van der Waals surface area contributed by atoms with Crippen LogP contribution in [0.1, 0.15) is 12.8 Å². The van der Waals surface area contributed by atoms with Gasteiger partial charge in [0.15, 0.2) is 5.75 Å². The van der Waals surface area contributed by atoms with Gasteiger partial charge >= 0.3 is 0 Å². The highest BCUT2D eigenvalue weighted by Crippen LogP contribution is 2.29. The highest BCUT2D eigenvalue weighted by atomic mass is 16.5. The molecule has 0 aliphatic carbocycles. The summed E-state index contributed by atoms with van der Waals surface area (Å²) in [7, 11) is 3.04. The van der Waals surface area contributed by atoms with E-state index in [1.807, 2.05) is 4.90 Å². The van der Waals surface area contributed by atoms with E-state index >= 15 is 0 Å². The SMILES string of the molecule is COCCN1C(=O)C2CCC1CN(C(=O)Cn1cccc(OC)c1=O)C2. The second-order valence-electron chi connectivity index (χ2n) is 6.76. The van der Waals surface area contributed by atoms with Crippen molar-refractivity contribution in [3.05, 3.63) is 28.7 Å². The van der Waals surface area contributed by atoms with Crippen molar-refractivity contribution in [3.63, 3.8) is 0 Å². The van der Waals surface area contributed by atoms with Gasteiger partial charge in [-0.25, -0.2) is 0 Å². The Labute approximate surface area is 152 Å². The minimum Gasteiger partial charge on any atom is -0.491 e. The predicted molar refractivity (Wildman–Crippen MR) is 93.9 cm³/mol. The molecule has 0 spiro atoms. The van der Waals surface area contributed by atoms with Gasteiger partial charge in [-0.2, -0.15) is 0 Å². The fourth-order valence-electron chi connectivity index (χ4n) is 3.77. The van der Waals surface area contributed by atoms with E-state index in [-0.39, 0.29) is 41.6 Å². The first kappa shape index (κ1) is 18.4. The van der Waals surface area contributed by atoms with Gasteiger partial charge in [-0.1, -0.05) is 0 Å². The van der Waals surface area contributed by atoms with Crippen LogP contribution >= 0.6 is 0 Å². The Morgan fingerprint density at radius 2 is 2.04 bits per heavy atom. The summed E-state index contributed by atoms with van der Waals surface area (Å²) >= 11 is 0. The summed E-state index contributed by atoms with van der Waals surface area (Å²) < 4.78 is 11.5.